The zero-order valence-electron chi connectivity index (χ0n) is 29.8. The molecule has 0 saturated carbocycles. The number of aromatic amines is 2. The van der Waals surface area contributed by atoms with Crippen molar-refractivity contribution < 1.29 is 29.3 Å². The number of aromatic nitrogens is 5. The molecule has 0 spiro atoms. The molecule has 6 N–H and O–H groups in total. The highest BCUT2D eigenvalue weighted by Crippen LogP contribution is 2.42. The van der Waals surface area contributed by atoms with Gasteiger partial charge >= 0.3 is 12.0 Å². The van der Waals surface area contributed by atoms with Crippen LogP contribution < -0.4 is 15.4 Å². The van der Waals surface area contributed by atoms with E-state index in [0.29, 0.717) is 34.6 Å². The fourth-order valence-electron chi connectivity index (χ4n) is 6.92. The zero-order valence-corrected chi connectivity index (χ0v) is 29.8. The van der Waals surface area contributed by atoms with E-state index in [1.54, 1.807) is 12.1 Å². The fraction of sp³-hybridized carbons (Fsp3) is 0.0930. The Bertz CT molecular complexity index is 2600. The number of aliphatic carboxylic acids is 1. The summed E-state index contributed by atoms with van der Waals surface area (Å²) in [6.07, 6.45) is -0.256. The molecule has 3 aromatic heterocycles. The number of aliphatic hydroxyl groups is 1. The SMILES string of the molecule is O=COCc1c(C(c2ccc(CO)c(Oc3nc(Nc4ccccc4)nc(Nc4ccccc4)n3)c2)c2[nH]c3ccccc3c2CC(=O)O)[nH]c2ccccc12. The standard InChI is InChI=1S/C43H35N7O6/c51-23-27-20-19-26(21-36(27)56-43-49-41(44-28-11-3-1-4-12-28)48-42(50-43)45-29-13-5-2-6-14-29)38(39-32(22-37(53)54)30-15-7-9-17-34(30)46-39)40-33(24-55-25-52)31-16-8-10-18-35(31)47-40/h1-21,25,38,46-47,51H,22-24H2,(H,53,54)(H2,44,45,48,49,50). The Labute approximate surface area is 320 Å². The van der Waals surface area contributed by atoms with Crippen LogP contribution in [0.4, 0.5) is 23.3 Å². The quantitative estimate of drug-likeness (QED) is 0.0557. The minimum atomic E-state index is -0.995. The summed E-state index contributed by atoms with van der Waals surface area (Å²) in [6.45, 7) is 0.000110. The van der Waals surface area contributed by atoms with Crippen LogP contribution in [0.3, 0.4) is 0 Å². The van der Waals surface area contributed by atoms with Crippen molar-refractivity contribution in [3.63, 3.8) is 0 Å². The Balaban J connectivity index is 1.29. The van der Waals surface area contributed by atoms with E-state index in [9.17, 15) is 19.8 Å². The first-order valence-corrected chi connectivity index (χ1v) is 17.7. The van der Waals surface area contributed by atoms with E-state index in [1.807, 2.05) is 115 Å². The van der Waals surface area contributed by atoms with Gasteiger partial charge in [-0.15, -0.1) is 0 Å². The Morgan fingerprint density at radius 3 is 1.84 bits per heavy atom. The first-order chi connectivity index (χ1) is 27.5. The molecule has 0 aliphatic rings. The molecule has 8 aromatic rings. The van der Waals surface area contributed by atoms with Gasteiger partial charge in [-0.3, -0.25) is 9.59 Å². The molecule has 1 atom stereocenters. The van der Waals surface area contributed by atoms with Crippen LogP contribution in [0, 0.1) is 0 Å². The van der Waals surface area contributed by atoms with Gasteiger partial charge in [-0.05, 0) is 53.6 Å². The van der Waals surface area contributed by atoms with Crippen LogP contribution in [-0.4, -0.2) is 47.6 Å². The highest BCUT2D eigenvalue weighted by molar-refractivity contribution is 5.90. The van der Waals surface area contributed by atoms with Crippen LogP contribution in [0.1, 0.15) is 39.6 Å². The number of hydrogen-bond acceptors (Lipinski definition) is 10. The van der Waals surface area contributed by atoms with E-state index in [0.717, 1.165) is 38.7 Å². The molecule has 5 aromatic carbocycles. The molecule has 0 aliphatic heterocycles. The largest absolute Gasteiger partial charge is 0.481 e. The van der Waals surface area contributed by atoms with Crippen LogP contribution in [0.2, 0.25) is 0 Å². The molecular weight excluding hydrogens is 711 g/mol. The lowest BCUT2D eigenvalue weighted by atomic mass is 9.86. The number of carbonyl (C=O) groups excluding carboxylic acids is 1. The molecule has 0 radical (unpaired) electrons. The predicted molar refractivity (Wildman–Crippen MR) is 211 cm³/mol. The normalized spacial score (nSPS) is 11.7. The van der Waals surface area contributed by atoms with E-state index >= 15 is 0 Å². The van der Waals surface area contributed by atoms with Crippen molar-refractivity contribution in [3.05, 3.63) is 161 Å². The molecule has 278 valence electrons. The molecule has 13 nitrogen and oxygen atoms in total. The first kappa shape index (κ1) is 35.5. The van der Waals surface area contributed by atoms with Gasteiger partial charge in [0.05, 0.1) is 18.9 Å². The third kappa shape index (κ3) is 7.47. The van der Waals surface area contributed by atoms with Crippen LogP contribution in [0.5, 0.6) is 11.8 Å². The number of hydrogen-bond donors (Lipinski definition) is 6. The van der Waals surface area contributed by atoms with Crippen LogP contribution in [-0.2, 0) is 34.0 Å². The van der Waals surface area contributed by atoms with Gasteiger partial charge < -0.3 is 40.3 Å². The number of para-hydroxylation sites is 4. The van der Waals surface area contributed by atoms with E-state index in [2.05, 4.69) is 35.6 Å². The lowest BCUT2D eigenvalue weighted by Gasteiger charge is -2.21. The second kappa shape index (κ2) is 15.8. The lowest BCUT2D eigenvalue weighted by molar-refractivity contribution is -0.136. The molecule has 1 unspecified atom stereocenters. The van der Waals surface area contributed by atoms with Crippen LogP contribution in [0.15, 0.2) is 127 Å². The van der Waals surface area contributed by atoms with Crippen molar-refractivity contribution in [2.45, 2.75) is 25.6 Å². The van der Waals surface area contributed by atoms with Crippen molar-refractivity contribution in [2.75, 3.05) is 10.6 Å². The zero-order chi connectivity index (χ0) is 38.4. The van der Waals surface area contributed by atoms with Gasteiger partial charge in [0.15, 0.2) is 0 Å². The van der Waals surface area contributed by atoms with Crippen molar-refractivity contribution in [1.82, 2.24) is 24.9 Å². The minimum Gasteiger partial charge on any atom is -0.481 e. The van der Waals surface area contributed by atoms with Crippen molar-refractivity contribution in [1.29, 1.82) is 0 Å². The number of ether oxygens (including phenoxy) is 2. The molecule has 13 heteroatoms. The summed E-state index contributed by atoms with van der Waals surface area (Å²) in [5, 5.41) is 28.7. The predicted octanol–water partition coefficient (Wildman–Crippen LogP) is 8.09. The number of aliphatic hydroxyl groups excluding tert-OH is 1. The molecule has 56 heavy (non-hydrogen) atoms. The summed E-state index contributed by atoms with van der Waals surface area (Å²) in [7, 11) is 0. The van der Waals surface area contributed by atoms with E-state index in [4.69, 9.17) is 9.47 Å². The molecule has 0 aliphatic carbocycles. The molecule has 0 bridgehead atoms. The summed E-state index contributed by atoms with van der Waals surface area (Å²) >= 11 is 0. The fourth-order valence-corrected chi connectivity index (χ4v) is 6.92. The monoisotopic (exact) mass is 745 g/mol. The van der Waals surface area contributed by atoms with Gasteiger partial charge in [0.2, 0.25) is 11.9 Å². The number of carboxylic acids is 1. The number of anilines is 4. The van der Waals surface area contributed by atoms with E-state index < -0.39 is 11.9 Å². The number of rotatable bonds is 15. The minimum absolute atomic E-state index is 0.0366. The summed E-state index contributed by atoms with van der Waals surface area (Å²) in [4.78, 5) is 44.7. The van der Waals surface area contributed by atoms with Crippen LogP contribution in [0.25, 0.3) is 21.8 Å². The number of nitrogens with zero attached hydrogens (tertiary/aromatic N) is 3. The molecular formula is C43H35N7O6. The third-order valence-corrected chi connectivity index (χ3v) is 9.37. The molecule has 0 amide bonds. The Morgan fingerprint density at radius 2 is 1.27 bits per heavy atom. The Kier molecular flexibility index (Phi) is 10.0. The average Bonchev–Trinajstić information content (AvgIpc) is 3.75. The van der Waals surface area contributed by atoms with Crippen molar-refractivity contribution in [2.24, 2.45) is 0 Å². The van der Waals surface area contributed by atoms with Crippen molar-refractivity contribution >= 4 is 57.5 Å². The Morgan fingerprint density at radius 1 is 0.714 bits per heavy atom. The molecule has 0 saturated heterocycles. The summed E-state index contributed by atoms with van der Waals surface area (Å²) in [5.74, 6) is -0.962. The Hall–Kier alpha value is -7.51. The van der Waals surface area contributed by atoms with Gasteiger partial charge in [0.25, 0.3) is 6.47 Å². The summed E-state index contributed by atoms with van der Waals surface area (Å²) < 4.78 is 11.8. The van der Waals surface area contributed by atoms with Gasteiger partial charge in [-0.1, -0.05) is 84.9 Å². The third-order valence-electron chi connectivity index (χ3n) is 9.37. The topological polar surface area (TPSA) is 187 Å². The maximum atomic E-state index is 12.4. The number of H-pyrrole nitrogens is 2. The second-order valence-corrected chi connectivity index (χ2v) is 12.9. The smallest absolute Gasteiger partial charge is 0.328 e. The van der Waals surface area contributed by atoms with Crippen LogP contribution >= 0.6 is 0 Å². The molecule has 0 fully saturated rings. The number of carboxylic acid groups (broad SMARTS) is 1. The molecule has 8 rings (SSSR count). The summed E-state index contributed by atoms with van der Waals surface area (Å²) in [6, 6.07) is 39.4. The van der Waals surface area contributed by atoms with E-state index in [-0.39, 0.29) is 43.3 Å². The van der Waals surface area contributed by atoms with Gasteiger partial charge in [-0.25, -0.2) is 0 Å². The average molecular weight is 746 g/mol. The number of carbonyl (C=O) groups is 2. The van der Waals surface area contributed by atoms with Gasteiger partial charge in [0.1, 0.15) is 12.4 Å². The lowest BCUT2D eigenvalue weighted by Crippen LogP contribution is -2.12. The van der Waals surface area contributed by atoms with Crippen molar-refractivity contribution in [3.8, 4) is 11.8 Å². The first-order valence-electron chi connectivity index (χ1n) is 17.7. The number of nitrogens with one attached hydrogen (secondary N) is 4. The molecule has 3 heterocycles. The maximum absolute atomic E-state index is 12.4. The number of fused-ring (bicyclic) bond motifs is 2. The van der Waals surface area contributed by atoms with Gasteiger partial charge in [0, 0.05) is 55.7 Å². The number of benzene rings is 5. The van der Waals surface area contributed by atoms with Gasteiger partial charge in [-0.2, -0.15) is 15.0 Å². The summed E-state index contributed by atoms with van der Waals surface area (Å²) in [5.41, 5.74) is 6.81. The highest BCUT2D eigenvalue weighted by atomic mass is 16.5. The maximum Gasteiger partial charge on any atom is 0.328 e. The second-order valence-electron chi connectivity index (χ2n) is 12.9. The van der Waals surface area contributed by atoms with E-state index in [1.165, 1.54) is 0 Å². The highest BCUT2D eigenvalue weighted by Gasteiger charge is 2.30.